The van der Waals surface area contributed by atoms with E-state index >= 15 is 0 Å². The Balaban J connectivity index is 1.77. The van der Waals surface area contributed by atoms with Crippen LogP contribution in [0, 0.1) is 0 Å². The van der Waals surface area contributed by atoms with Gasteiger partial charge in [0.05, 0.1) is 17.2 Å². The molecule has 18 heavy (non-hydrogen) atoms. The molecule has 7 heteroatoms. The standard InChI is InChI=1S/C11H12N6S/c12-8(4-7-5-13-6-14-7)10-15-11(17-16-10)9-2-1-3-18-9/h1-3,5-6,8H,4,12H2,(H,13,14)(H,15,16,17)/t8-/m1/s1. The highest BCUT2D eigenvalue weighted by Crippen LogP contribution is 2.21. The Morgan fingerprint density at radius 1 is 1.44 bits per heavy atom. The van der Waals surface area contributed by atoms with Crippen LogP contribution in [0.5, 0.6) is 0 Å². The molecule has 3 aromatic rings. The Kier molecular flexibility index (Phi) is 2.91. The summed E-state index contributed by atoms with van der Waals surface area (Å²) in [6, 6.07) is 3.74. The van der Waals surface area contributed by atoms with E-state index in [1.807, 2.05) is 17.5 Å². The van der Waals surface area contributed by atoms with E-state index in [2.05, 4.69) is 25.1 Å². The summed E-state index contributed by atoms with van der Waals surface area (Å²) in [7, 11) is 0. The minimum absolute atomic E-state index is 0.216. The zero-order chi connectivity index (χ0) is 12.4. The molecule has 0 aliphatic heterocycles. The van der Waals surface area contributed by atoms with Crippen molar-refractivity contribution < 1.29 is 0 Å². The van der Waals surface area contributed by atoms with Gasteiger partial charge in [0.15, 0.2) is 5.82 Å². The smallest absolute Gasteiger partial charge is 0.191 e. The van der Waals surface area contributed by atoms with Crippen LogP contribution < -0.4 is 5.73 Å². The quantitative estimate of drug-likeness (QED) is 0.662. The zero-order valence-corrected chi connectivity index (χ0v) is 10.3. The molecule has 92 valence electrons. The lowest BCUT2D eigenvalue weighted by Gasteiger charge is -2.05. The maximum Gasteiger partial charge on any atom is 0.191 e. The van der Waals surface area contributed by atoms with Gasteiger partial charge < -0.3 is 10.7 Å². The Bertz CT molecular complexity index is 597. The number of nitrogens with zero attached hydrogens (tertiary/aromatic N) is 3. The Morgan fingerprint density at radius 3 is 3.11 bits per heavy atom. The number of rotatable bonds is 4. The molecule has 6 nitrogen and oxygen atoms in total. The first-order valence-corrected chi connectivity index (χ1v) is 6.40. The molecule has 0 aliphatic rings. The molecule has 0 aromatic carbocycles. The van der Waals surface area contributed by atoms with Gasteiger partial charge in [0.25, 0.3) is 0 Å². The van der Waals surface area contributed by atoms with Crippen molar-refractivity contribution in [1.29, 1.82) is 0 Å². The second kappa shape index (κ2) is 4.71. The summed E-state index contributed by atoms with van der Waals surface area (Å²) < 4.78 is 0. The predicted molar refractivity (Wildman–Crippen MR) is 68.9 cm³/mol. The van der Waals surface area contributed by atoms with Crippen molar-refractivity contribution in [3.05, 3.63) is 41.6 Å². The SMILES string of the molecule is N[C@H](Cc1cnc[nH]1)c1nc(-c2cccs2)n[nH]1. The molecule has 0 bridgehead atoms. The van der Waals surface area contributed by atoms with Gasteiger partial charge in [-0.2, -0.15) is 5.10 Å². The van der Waals surface area contributed by atoms with Crippen LogP contribution >= 0.6 is 11.3 Å². The highest BCUT2D eigenvalue weighted by atomic mass is 32.1. The van der Waals surface area contributed by atoms with E-state index in [-0.39, 0.29) is 6.04 Å². The van der Waals surface area contributed by atoms with E-state index in [1.165, 1.54) is 0 Å². The minimum atomic E-state index is -0.216. The van der Waals surface area contributed by atoms with Crippen LogP contribution in [0.25, 0.3) is 10.7 Å². The second-order valence-corrected chi connectivity index (χ2v) is 4.86. The molecule has 1 atom stereocenters. The molecule has 3 aromatic heterocycles. The molecule has 0 saturated carbocycles. The van der Waals surface area contributed by atoms with Gasteiger partial charge in [-0.15, -0.1) is 11.3 Å². The largest absolute Gasteiger partial charge is 0.348 e. The van der Waals surface area contributed by atoms with Gasteiger partial charge in [-0.1, -0.05) is 6.07 Å². The lowest BCUT2D eigenvalue weighted by Crippen LogP contribution is -2.15. The number of nitrogens with two attached hydrogens (primary N) is 1. The fourth-order valence-corrected chi connectivity index (χ4v) is 2.34. The molecule has 0 spiro atoms. The number of imidazole rings is 1. The van der Waals surface area contributed by atoms with Crippen LogP contribution in [-0.2, 0) is 6.42 Å². The van der Waals surface area contributed by atoms with Crippen molar-refractivity contribution in [2.24, 2.45) is 5.73 Å². The summed E-state index contributed by atoms with van der Waals surface area (Å²) >= 11 is 1.60. The van der Waals surface area contributed by atoms with E-state index < -0.39 is 0 Å². The molecule has 0 saturated heterocycles. The molecule has 0 unspecified atom stereocenters. The average Bonchev–Trinajstić information content (AvgIpc) is 3.11. The van der Waals surface area contributed by atoms with Crippen molar-refractivity contribution in [2.45, 2.75) is 12.5 Å². The van der Waals surface area contributed by atoms with Crippen molar-refractivity contribution >= 4 is 11.3 Å². The number of H-pyrrole nitrogens is 2. The first kappa shape index (κ1) is 11.1. The fraction of sp³-hybridized carbons (Fsp3) is 0.182. The number of hydrogen-bond donors (Lipinski definition) is 3. The third kappa shape index (κ3) is 2.18. The third-order valence-corrected chi connectivity index (χ3v) is 3.46. The van der Waals surface area contributed by atoms with Crippen LogP contribution in [0.2, 0.25) is 0 Å². The van der Waals surface area contributed by atoms with E-state index in [0.717, 1.165) is 10.6 Å². The first-order valence-electron chi connectivity index (χ1n) is 5.52. The summed E-state index contributed by atoms with van der Waals surface area (Å²) in [6.07, 6.45) is 4.05. The topological polar surface area (TPSA) is 96.3 Å². The molecular weight excluding hydrogens is 248 g/mol. The molecule has 0 amide bonds. The van der Waals surface area contributed by atoms with E-state index in [9.17, 15) is 0 Å². The van der Waals surface area contributed by atoms with Crippen molar-refractivity contribution in [1.82, 2.24) is 25.1 Å². The van der Waals surface area contributed by atoms with Gasteiger partial charge in [0.1, 0.15) is 5.82 Å². The van der Waals surface area contributed by atoms with Gasteiger partial charge in [-0.3, -0.25) is 5.10 Å². The summed E-state index contributed by atoms with van der Waals surface area (Å²) in [6.45, 7) is 0. The number of aromatic nitrogens is 5. The molecule has 0 fully saturated rings. The van der Waals surface area contributed by atoms with Gasteiger partial charge in [0.2, 0.25) is 0 Å². The van der Waals surface area contributed by atoms with Gasteiger partial charge in [0, 0.05) is 18.3 Å². The third-order valence-electron chi connectivity index (χ3n) is 2.59. The monoisotopic (exact) mass is 260 g/mol. The normalized spacial score (nSPS) is 12.7. The van der Waals surface area contributed by atoms with Crippen molar-refractivity contribution in [3.63, 3.8) is 0 Å². The van der Waals surface area contributed by atoms with E-state index in [1.54, 1.807) is 23.9 Å². The minimum Gasteiger partial charge on any atom is -0.348 e. The maximum atomic E-state index is 6.07. The van der Waals surface area contributed by atoms with Gasteiger partial charge in [-0.05, 0) is 11.4 Å². The molecule has 3 rings (SSSR count). The highest BCUT2D eigenvalue weighted by Gasteiger charge is 2.14. The fourth-order valence-electron chi connectivity index (χ4n) is 1.69. The van der Waals surface area contributed by atoms with Gasteiger partial charge >= 0.3 is 0 Å². The lowest BCUT2D eigenvalue weighted by molar-refractivity contribution is 0.662. The molecule has 0 radical (unpaired) electrons. The maximum absolute atomic E-state index is 6.07. The summed E-state index contributed by atoms with van der Waals surface area (Å²) in [5, 5.41) is 9.07. The van der Waals surface area contributed by atoms with Crippen LogP contribution in [0.1, 0.15) is 17.6 Å². The number of nitrogens with one attached hydrogen (secondary N) is 2. The second-order valence-electron chi connectivity index (χ2n) is 3.91. The molecular formula is C11H12N6S. The highest BCUT2D eigenvalue weighted by molar-refractivity contribution is 7.13. The Morgan fingerprint density at radius 2 is 2.39 bits per heavy atom. The van der Waals surface area contributed by atoms with Crippen molar-refractivity contribution in [3.8, 4) is 10.7 Å². The molecule has 0 aliphatic carbocycles. The number of thiophene rings is 1. The lowest BCUT2D eigenvalue weighted by atomic mass is 10.2. The first-order chi connectivity index (χ1) is 8.83. The average molecular weight is 260 g/mol. The van der Waals surface area contributed by atoms with Crippen LogP contribution in [0.3, 0.4) is 0 Å². The number of aromatic amines is 2. The Labute approximate surface area is 107 Å². The zero-order valence-electron chi connectivity index (χ0n) is 9.50. The molecule has 4 N–H and O–H groups in total. The Hall–Kier alpha value is -1.99. The molecule has 3 heterocycles. The number of hydrogen-bond acceptors (Lipinski definition) is 5. The summed E-state index contributed by atoms with van der Waals surface area (Å²) in [5.74, 6) is 1.38. The summed E-state index contributed by atoms with van der Waals surface area (Å²) in [4.78, 5) is 12.4. The van der Waals surface area contributed by atoms with Crippen molar-refractivity contribution in [2.75, 3.05) is 0 Å². The van der Waals surface area contributed by atoms with Crippen LogP contribution in [-0.4, -0.2) is 25.1 Å². The van der Waals surface area contributed by atoms with E-state index in [0.29, 0.717) is 18.1 Å². The van der Waals surface area contributed by atoms with Gasteiger partial charge in [-0.25, -0.2) is 9.97 Å². The van der Waals surface area contributed by atoms with Crippen LogP contribution in [0.4, 0.5) is 0 Å². The predicted octanol–water partition coefficient (Wildman–Crippen LogP) is 1.50. The summed E-state index contributed by atoms with van der Waals surface area (Å²) in [5.41, 5.74) is 7.06. The van der Waals surface area contributed by atoms with E-state index in [4.69, 9.17) is 5.73 Å². The van der Waals surface area contributed by atoms with Crippen LogP contribution in [0.15, 0.2) is 30.0 Å².